The van der Waals surface area contributed by atoms with Crippen LogP contribution in [-0.4, -0.2) is 98.7 Å². The Kier molecular flexibility index (Phi) is 14.1. The third-order valence-corrected chi connectivity index (χ3v) is 14.7. The molecule has 2 aliphatic rings. The van der Waals surface area contributed by atoms with Gasteiger partial charge in [-0.2, -0.15) is 0 Å². The predicted molar refractivity (Wildman–Crippen MR) is 252 cm³/mol. The van der Waals surface area contributed by atoms with Crippen LogP contribution in [0.5, 0.6) is 0 Å². The molecule has 2 N–H and O–H groups in total. The van der Waals surface area contributed by atoms with Gasteiger partial charge in [0.2, 0.25) is 0 Å². The Bertz CT molecular complexity index is 2630. The van der Waals surface area contributed by atoms with Crippen LogP contribution < -0.4 is 14.9 Å². The average Bonchev–Trinajstić information content (AvgIpc) is 3.31. The number of ether oxygens (including phenoxy) is 2. The molecule has 1 atom stereocenters. The van der Waals surface area contributed by atoms with Crippen LogP contribution in [-0.2, 0) is 25.9 Å². The number of halogens is 1. The topological polar surface area (TPSA) is 152 Å². The van der Waals surface area contributed by atoms with Crippen LogP contribution in [0.1, 0.15) is 24.8 Å². The third kappa shape index (κ3) is 10.9. The first-order valence-corrected chi connectivity index (χ1v) is 23.9. The smallest absolute Gasteiger partial charge is 0.293 e. The highest BCUT2D eigenvalue weighted by atomic mass is 35.5. The maximum Gasteiger partial charge on any atom is 0.293 e. The molecule has 328 valence electrons. The van der Waals surface area contributed by atoms with Crippen molar-refractivity contribution in [3.8, 4) is 11.1 Å². The Morgan fingerprint density at radius 3 is 2.41 bits per heavy atom. The summed E-state index contributed by atoms with van der Waals surface area (Å²) in [7, 11) is -2.51. The highest BCUT2D eigenvalue weighted by Crippen LogP contribution is 2.37. The van der Waals surface area contributed by atoms with Crippen molar-refractivity contribution in [1.82, 2.24) is 14.9 Å². The van der Waals surface area contributed by atoms with Crippen LogP contribution in [0.3, 0.4) is 0 Å². The van der Waals surface area contributed by atoms with E-state index in [9.17, 15) is 18.5 Å². The van der Waals surface area contributed by atoms with E-state index in [2.05, 4.69) is 54.1 Å². The van der Waals surface area contributed by atoms with E-state index in [0.717, 1.165) is 86.2 Å². The molecule has 1 unspecified atom stereocenters. The number of benzene rings is 5. The van der Waals surface area contributed by atoms with Crippen molar-refractivity contribution in [3.05, 3.63) is 142 Å². The van der Waals surface area contributed by atoms with Gasteiger partial charge in [-0.1, -0.05) is 66.2 Å². The molecule has 16 heteroatoms. The Morgan fingerprint density at radius 1 is 0.921 bits per heavy atom. The van der Waals surface area contributed by atoms with Gasteiger partial charge in [-0.25, -0.2) is 18.4 Å². The molecule has 5 aromatic carbocycles. The largest absolute Gasteiger partial charge is 0.379 e. The molecular weight excluding hydrogens is 858 g/mol. The number of piperidine rings is 1. The van der Waals surface area contributed by atoms with Crippen molar-refractivity contribution in [2.75, 3.05) is 73.7 Å². The van der Waals surface area contributed by atoms with Crippen molar-refractivity contribution in [2.45, 2.75) is 47.1 Å². The van der Waals surface area contributed by atoms with Crippen LogP contribution in [0.15, 0.2) is 131 Å². The highest BCUT2D eigenvalue weighted by Gasteiger charge is 2.36. The molecule has 0 spiro atoms. The second-order valence-corrected chi connectivity index (χ2v) is 19.1. The zero-order valence-corrected chi connectivity index (χ0v) is 37.4. The maximum absolute atomic E-state index is 13.9. The van der Waals surface area contributed by atoms with Gasteiger partial charge in [0.15, 0.2) is 5.82 Å². The molecule has 6 aromatic rings. The van der Waals surface area contributed by atoms with E-state index < -0.39 is 14.9 Å². The van der Waals surface area contributed by atoms with Gasteiger partial charge in [-0.15, -0.1) is 11.8 Å². The van der Waals surface area contributed by atoms with E-state index in [4.69, 9.17) is 21.1 Å². The number of anilines is 3. The van der Waals surface area contributed by atoms with Crippen molar-refractivity contribution in [2.24, 2.45) is 0 Å². The molecule has 2 aliphatic heterocycles. The number of rotatable bonds is 17. The standard InChI is InChI=1S/C47H50ClN7O6S2/c1-60-47(31-35-7-5-6-10-41(35)34-11-13-36(48)14-12-34)20-23-54(24-21-47)38-15-17-42-44(29-38)49-33-50-46(42)52-63(58,59)40-16-18-43(45(30-40)55(56)57)51-37(19-22-53-25-27-61-28-26-53)32-62-39-8-3-2-4-9-39/h2-18,29-30,33,37,51H,19-28,31-32H2,1H3,(H,49,50,52). The van der Waals surface area contributed by atoms with Crippen LogP contribution in [0.2, 0.25) is 5.02 Å². The van der Waals surface area contributed by atoms with Crippen LogP contribution in [0, 0.1) is 10.1 Å². The Hall–Kier alpha value is -5.29. The Labute approximate surface area is 377 Å². The number of nitrogens with one attached hydrogen (secondary N) is 2. The van der Waals surface area contributed by atoms with Gasteiger partial charge in [0, 0.05) is 85.1 Å². The second kappa shape index (κ2) is 20.0. The van der Waals surface area contributed by atoms with Gasteiger partial charge in [0.05, 0.1) is 34.2 Å². The first-order chi connectivity index (χ1) is 30.6. The number of morpholine rings is 1. The molecule has 0 amide bonds. The monoisotopic (exact) mass is 907 g/mol. The fraction of sp³-hybridized carbons (Fsp3) is 0.319. The number of aromatic nitrogens is 2. The van der Waals surface area contributed by atoms with Crippen LogP contribution >= 0.6 is 23.4 Å². The summed E-state index contributed by atoms with van der Waals surface area (Å²) in [6, 6.07) is 35.8. The first-order valence-electron chi connectivity index (χ1n) is 21.0. The van der Waals surface area contributed by atoms with Crippen LogP contribution in [0.4, 0.5) is 22.9 Å². The molecule has 0 aliphatic carbocycles. The molecule has 0 bridgehead atoms. The van der Waals surface area contributed by atoms with Gasteiger partial charge in [0.1, 0.15) is 12.0 Å². The van der Waals surface area contributed by atoms with E-state index in [1.807, 2.05) is 72.8 Å². The fourth-order valence-corrected chi connectivity index (χ4v) is 10.5. The maximum atomic E-state index is 13.9. The van der Waals surface area contributed by atoms with Gasteiger partial charge in [0.25, 0.3) is 15.7 Å². The average molecular weight is 909 g/mol. The lowest BCUT2D eigenvalue weighted by Gasteiger charge is -2.42. The summed E-state index contributed by atoms with van der Waals surface area (Å²) in [4.78, 5) is 26.1. The molecule has 3 heterocycles. The lowest BCUT2D eigenvalue weighted by atomic mass is 9.82. The molecule has 13 nitrogen and oxygen atoms in total. The number of fused-ring (bicyclic) bond motifs is 1. The number of hydrogen-bond donors (Lipinski definition) is 2. The zero-order chi connectivity index (χ0) is 43.8. The minimum absolute atomic E-state index is 0.0777. The molecule has 0 saturated carbocycles. The van der Waals surface area contributed by atoms with Gasteiger partial charge in [-0.05, 0) is 90.6 Å². The van der Waals surface area contributed by atoms with E-state index in [0.29, 0.717) is 34.9 Å². The van der Waals surface area contributed by atoms with Crippen molar-refractivity contribution >= 4 is 67.2 Å². The normalized spacial score (nSPS) is 16.1. The van der Waals surface area contributed by atoms with E-state index in [-0.39, 0.29) is 33.7 Å². The van der Waals surface area contributed by atoms with Gasteiger partial charge >= 0.3 is 0 Å². The molecule has 2 saturated heterocycles. The minimum Gasteiger partial charge on any atom is -0.379 e. The number of nitrogens with zero attached hydrogens (tertiary/aromatic N) is 5. The van der Waals surface area contributed by atoms with E-state index in [1.54, 1.807) is 18.9 Å². The summed E-state index contributed by atoms with van der Waals surface area (Å²) in [6.07, 6.45) is 4.40. The zero-order valence-electron chi connectivity index (χ0n) is 35.0. The Morgan fingerprint density at radius 2 is 1.67 bits per heavy atom. The van der Waals surface area contributed by atoms with Crippen LogP contribution in [0.25, 0.3) is 22.0 Å². The van der Waals surface area contributed by atoms with Gasteiger partial charge in [-0.3, -0.25) is 19.7 Å². The van der Waals surface area contributed by atoms with Crippen molar-refractivity contribution in [3.63, 3.8) is 0 Å². The second-order valence-electron chi connectivity index (χ2n) is 15.9. The Balaban J connectivity index is 0.952. The first kappa shape index (κ1) is 44.3. The van der Waals surface area contributed by atoms with E-state index in [1.165, 1.54) is 24.0 Å². The quantitative estimate of drug-likeness (QED) is 0.0510. The van der Waals surface area contributed by atoms with Crippen molar-refractivity contribution < 1.29 is 22.8 Å². The number of nitro groups is 1. The number of nitro benzene ring substituents is 1. The summed E-state index contributed by atoms with van der Waals surface area (Å²) in [5.41, 5.74) is 4.57. The number of sulfonamides is 1. The summed E-state index contributed by atoms with van der Waals surface area (Å²) in [5.74, 6) is 0.733. The molecule has 1 aromatic heterocycles. The minimum atomic E-state index is -4.30. The lowest BCUT2D eigenvalue weighted by Crippen LogP contribution is -2.47. The molecule has 2 fully saturated rings. The number of hydrogen-bond acceptors (Lipinski definition) is 12. The predicted octanol–water partition coefficient (Wildman–Crippen LogP) is 9.18. The summed E-state index contributed by atoms with van der Waals surface area (Å²) in [6.45, 7) is 5.31. The molecule has 8 rings (SSSR count). The molecular formula is C47H50ClN7O6S2. The lowest BCUT2D eigenvalue weighted by molar-refractivity contribution is -0.384. The third-order valence-electron chi connectivity index (χ3n) is 11.9. The summed E-state index contributed by atoms with van der Waals surface area (Å²) >= 11 is 7.84. The summed E-state index contributed by atoms with van der Waals surface area (Å²) in [5, 5.41) is 17.0. The molecule has 0 radical (unpaired) electrons. The highest BCUT2D eigenvalue weighted by molar-refractivity contribution is 7.99. The summed E-state index contributed by atoms with van der Waals surface area (Å²) < 4.78 is 42.1. The van der Waals surface area contributed by atoms with Gasteiger partial charge < -0.3 is 19.7 Å². The fourth-order valence-electron chi connectivity index (χ4n) is 8.31. The van der Waals surface area contributed by atoms with E-state index >= 15 is 0 Å². The number of methoxy groups -OCH3 is 1. The number of thioether (sulfide) groups is 1. The molecule has 63 heavy (non-hydrogen) atoms. The van der Waals surface area contributed by atoms with Crippen molar-refractivity contribution in [1.29, 1.82) is 0 Å². The SMILES string of the molecule is COC1(Cc2ccccc2-c2ccc(Cl)cc2)CCN(c2ccc3c(NS(=O)(=O)c4ccc(NC(CCN5CCOCC5)CSc5ccccc5)c([N+](=O)[O-])c4)ncnc3c2)CC1.